The third-order valence-corrected chi connectivity index (χ3v) is 2.77. The summed E-state index contributed by atoms with van der Waals surface area (Å²) in [5, 5.41) is 6.08. The molecule has 0 bridgehead atoms. The van der Waals surface area contributed by atoms with Gasteiger partial charge in [0.2, 0.25) is 5.91 Å². The van der Waals surface area contributed by atoms with Crippen LogP contribution >= 0.6 is 0 Å². The molecule has 5 heteroatoms. The van der Waals surface area contributed by atoms with E-state index >= 15 is 0 Å². The van der Waals surface area contributed by atoms with Crippen LogP contribution in [0.3, 0.4) is 0 Å². The largest absolute Gasteiger partial charge is 0.468 e. The lowest BCUT2D eigenvalue weighted by molar-refractivity contribution is -0.120. The van der Waals surface area contributed by atoms with E-state index in [0.29, 0.717) is 13.1 Å². The maximum atomic E-state index is 11.8. The Hall–Kier alpha value is -1.33. The predicted octanol–water partition coefficient (Wildman–Crippen LogP) is 1.39. The highest BCUT2D eigenvalue weighted by molar-refractivity contribution is 5.78. The first-order valence-corrected chi connectivity index (χ1v) is 6.51. The van der Waals surface area contributed by atoms with Gasteiger partial charge in [-0.1, -0.05) is 0 Å². The van der Waals surface area contributed by atoms with Crippen LogP contribution in [-0.4, -0.2) is 43.5 Å². The Morgan fingerprint density at radius 2 is 2.11 bits per heavy atom. The van der Waals surface area contributed by atoms with Gasteiger partial charge < -0.3 is 15.1 Å². The van der Waals surface area contributed by atoms with Gasteiger partial charge in [0.1, 0.15) is 5.76 Å². The number of nitrogens with one attached hydrogen (secondary N) is 2. The minimum absolute atomic E-state index is 0.00617. The smallest absolute Gasteiger partial charge is 0.234 e. The van der Waals surface area contributed by atoms with E-state index in [4.69, 9.17) is 4.42 Å². The summed E-state index contributed by atoms with van der Waals surface area (Å²) < 4.78 is 5.39. The zero-order valence-electron chi connectivity index (χ0n) is 12.5. The lowest BCUT2D eigenvalue weighted by Crippen LogP contribution is -2.44. The highest BCUT2D eigenvalue weighted by atomic mass is 16.3. The van der Waals surface area contributed by atoms with Crippen LogP contribution in [0, 0.1) is 0 Å². The summed E-state index contributed by atoms with van der Waals surface area (Å²) in [6, 6.07) is 3.83. The van der Waals surface area contributed by atoms with E-state index < -0.39 is 0 Å². The molecule has 0 saturated carbocycles. The summed E-state index contributed by atoms with van der Waals surface area (Å²) in [5.74, 6) is 0.849. The monoisotopic (exact) mass is 267 g/mol. The van der Waals surface area contributed by atoms with Crippen molar-refractivity contribution >= 4 is 5.91 Å². The molecule has 0 spiro atoms. The van der Waals surface area contributed by atoms with E-state index in [-0.39, 0.29) is 17.5 Å². The van der Waals surface area contributed by atoms with Gasteiger partial charge in [-0.2, -0.15) is 0 Å². The van der Waals surface area contributed by atoms with E-state index in [2.05, 4.69) is 10.6 Å². The standard InChI is InChI=1S/C14H25N3O2/c1-14(2,3)16-10-13(18)15-9-11(17(4)5)12-7-6-8-19-12/h6-8,11,16H,9-10H2,1-5H3,(H,15,18). The summed E-state index contributed by atoms with van der Waals surface area (Å²) in [6.45, 7) is 6.95. The van der Waals surface area contributed by atoms with Crippen LogP contribution in [0.25, 0.3) is 0 Å². The Morgan fingerprint density at radius 1 is 1.42 bits per heavy atom. The Labute approximate surface area is 115 Å². The summed E-state index contributed by atoms with van der Waals surface area (Å²) in [7, 11) is 3.93. The number of likely N-dealkylation sites (N-methyl/N-ethyl adjacent to an activating group) is 1. The highest BCUT2D eigenvalue weighted by Gasteiger charge is 2.18. The Bertz CT molecular complexity index is 380. The van der Waals surface area contributed by atoms with Gasteiger partial charge in [0.15, 0.2) is 0 Å². The molecule has 19 heavy (non-hydrogen) atoms. The molecule has 0 aliphatic rings. The Kier molecular flexibility index (Phi) is 5.57. The molecule has 0 aliphatic carbocycles. The van der Waals surface area contributed by atoms with Crippen LogP contribution < -0.4 is 10.6 Å². The normalized spacial score (nSPS) is 13.6. The van der Waals surface area contributed by atoms with Gasteiger partial charge in [-0.05, 0) is 47.0 Å². The first-order valence-electron chi connectivity index (χ1n) is 6.51. The summed E-state index contributed by atoms with van der Waals surface area (Å²) in [6.07, 6.45) is 1.65. The average Bonchev–Trinajstić information content (AvgIpc) is 2.78. The molecule has 2 N–H and O–H groups in total. The fourth-order valence-electron chi connectivity index (χ4n) is 1.64. The number of carbonyl (C=O) groups excluding carboxylic acids is 1. The number of nitrogens with zero attached hydrogens (tertiary/aromatic N) is 1. The number of hydrogen-bond donors (Lipinski definition) is 2. The average molecular weight is 267 g/mol. The number of carbonyl (C=O) groups is 1. The van der Waals surface area contributed by atoms with Crippen LogP contribution in [0.2, 0.25) is 0 Å². The molecule has 1 rings (SSSR count). The fourth-order valence-corrected chi connectivity index (χ4v) is 1.64. The van der Waals surface area contributed by atoms with Gasteiger partial charge in [-0.3, -0.25) is 9.69 Å². The Balaban J connectivity index is 2.43. The fraction of sp³-hybridized carbons (Fsp3) is 0.643. The maximum absolute atomic E-state index is 11.8. The second kappa shape index (κ2) is 6.73. The molecular weight excluding hydrogens is 242 g/mol. The zero-order chi connectivity index (χ0) is 14.5. The van der Waals surface area contributed by atoms with Gasteiger partial charge >= 0.3 is 0 Å². The molecule has 0 radical (unpaired) electrons. The van der Waals surface area contributed by atoms with Crippen molar-refractivity contribution in [2.75, 3.05) is 27.2 Å². The SMILES string of the molecule is CN(C)C(CNC(=O)CNC(C)(C)C)c1ccco1. The van der Waals surface area contributed by atoms with Crippen molar-refractivity contribution in [2.45, 2.75) is 32.4 Å². The van der Waals surface area contributed by atoms with Crippen molar-refractivity contribution < 1.29 is 9.21 Å². The molecule has 0 aromatic carbocycles. The molecule has 0 saturated heterocycles. The van der Waals surface area contributed by atoms with Crippen LogP contribution in [0.4, 0.5) is 0 Å². The van der Waals surface area contributed by atoms with Gasteiger partial charge in [0.25, 0.3) is 0 Å². The quantitative estimate of drug-likeness (QED) is 0.817. The zero-order valence-corrected chi connectivity index (χ0v) is 12.5. The van der Waals surface area contributed by atoms with Crippen LogP contribution in [-0.2, 0) is 4.79 Å². The summed E-state index contributed by atoms with van der Waals surface area (Å²) >= 11 is 0. The van der Waals surface area contributed by atoms with Crippen molar-refractivity contribution in [3.05, 3.63) is 24.2 Å². The molecular formula is C14H25N3O2. The topological polar surface area (TPSA) is 57.5 Å². The first kappa shape index (κ1) is 15.7. The van der Waals surface area contributed by atoms with E-state index in [9.17, 15) is 4.79 Å². The lowest BCUT2D eigenvalue weighted by atomic mass is 10.1. The van der Waals surface area contributed by atoms with Gasteiger partial charge in [-0.15, -0.1) is 0 Å². The highest BCUT2D eigenvalue weighted by Crippen LogP contribution is 2.17. The lowest BCUT2D eigenvalue weighted by Gasteiger charge is -2.24. The van der Waals surface area contributed by atoms with E-state index in [1.807, 2.05) is 51.9 Å². The minimum atomic E-state index is -0.0562. The van der Waals surface area contributed by atoms with E-state index in [1.54, 1.807) is 6.26 Å². The molecule has 1 atom stereocenters. The maximum Gasteiger partial charge on any atom is 0.234 e. The van der Waals surface area contributed by atoms with Gasteiger partial charge in [0.05, 0.1) is 18.8 Å². The molecule has 0 fully saturated rings. The molecule has 1 heterocycles. The van der Waals surface area contributed by atoms with Crippen LogP contribution in [0.1, 0.15) is 32.6 Å². The minimum Gasteiger partial charge on any atom is -0.468 e. The number of furan rings is 1. The number of amides is 1. The summed E-state index contributed by atoms with van der Waals surface area (Å²) in [5.41, 5.74) is -0.0562. The Morgan fingerprint density at radius 3 is 2.58 bits per heavy atom. The van der Waals surface area contributed by atoms with E-state index in [1.165, 1.54) is 0 Å². The molecule has 1 unspecified atom stereocenters. The van der Waals surface area contributed by atoms with Crippen molar-refractivity contribution in [2.24, 2.45) is 0 Å². The molecule has 0 aliphatic heterocycles. The second-order valence-electron chi connectivity index (χ2n) is 5.90. The van der Waals surface area contributed by atoms with Crippen molar-refractivity contribution in [1.29, 1.82) is 0 Å². The van der Waals surface area contributed by atoms with Crippen LogP contribution in [0.15, 0.2) is 22.8 Å². The molecule has 1 aromatic heterocycles. The molecule has 108 valence electrons. The first-order chi connectivity index (χ1) is 8.79. The number of rotatable bonds is 6. The molecule has 1 amide bonds. The predicted molar refractivity (Wildman–Crippen MR) is 75.9 cm³/mol. The van der Waals surface area contributed by atoms with E-state index in [0.717, 1.165) is 5.76 Å². The van der Waals surface area contributed by atoms with Gasteiger partial charge in [0, 0.05) is 12.1 Å². The molecule has 1 aromatic rings. The van der Waals surface area contributed by atoms with Crippen molar-refractivity contribution in [3.63, 3.8) is 0 Å². The molecule has 5 nitrogen and oxygen atoms in total. The van der Waals surface area contributed by atoms with Gasteiger partial charge in [-0.25, -0.2) is 0 Å². The van der Waals surface area contributed by atoms with Crippen molar-refractivity contribution in [1.82, 2.24) is 15.5 Å². The summed E-state index contributed by atoms with van der Waals surface area (Å²) in [4.78, 5) is 13.8. The van der Waals surface area contributed by atoms with Crippen molar-refractivity contribution in [3.8, 4) is 0 Å². The third-order valence-electron chi connectivity index (χ3n) is 2.77. The second-order valence-corrected chi connectivity index (χ2v) is 5.90. The third kappa shape index (κ3) is 5.89. The number of hydrogen-bond acceptors (Lipinski definition) is 4. The van der Waals surface area contributed by atoms with Crippen LogP contribution in [0.5, 0.6) is 0 Å².